The van der Waals surface area contributed by atoms with Crippen LogP contribution >= 0.6 is 0 Å². The standard InChI is InChI=1S/C31H24N6O2/c1-37(2)31(39)17-10-11-24-25(16-17)35-29(34-24)23-9-5-8-22-26(23)18-6-3-4-7-19(18)27(22)36-30(38)21-13-15-33-28-20(21)12-14-32-28/h3-16,27H,1-2H3,(H,32,33)(H,34,35)(H,36,38)/t27-/m1/s1. The van der Waals surface area contributed by atoms with Crippen LogP contribution in [0.15, 0.2) is 85.2 Å². The summed E-state index contributed by atoms with van der Waals surface area (Å²) in [6, 6.07) is 23.0. The van der Waals surface area contributed by atoms with Crippen LogP contribution in [0.5, 0.6) is 0 Å². The number of aromatic nitrogens is 4. The molecule has 190 valence electrons. The molecule has 1 aliphatic rings. The summed E-state index contributed by atoms with van der Waals surface area (Å²) in [4.78, 5) is 43.2. The summed E-state index contributed by atoms with van der Waals surface area (Å²) in [7, 11) is 3.47. The minimum Gasteiger partial charge on any atom is -0.346 e. The second-order valence-electron chi connectivity index (χ2n) is 9.88. The Kier molecular flexibility index (Phi) is 5.09. The Morgan fingerprint density at radius 3 is 2.62 bits per heavy atom. The summed E-state index contributed by atoms with van der Waals surface area (Å²) < 4.78 is 0. The van der Waals surface area contributed by atoms with Crippen LogP contribution < -0.4 is 5.32 Å². The van der Waals surface area contributed by atoms with Crippen molar-refractivity contribution in [1.82, 2.24) is 30.2 Å². The Balaban J connectivity index is 1.32. The number of carbonyl (C=O) groups is 2. The molecule has 0 saturated heterocycles. The minimum absolute atomic E-state index is 0.0627. The highest BCUT2D eigenvalue weighted by molar-refractivity contribution is 6.06. The Morgan fingerprint density at radius 1 is 0.923 bits per heavy atom. The third-order valence-corrected chi connectivity index (χ3v) is 7.32. The van der Waals surface area contributed by atoms with Gasteiger partial charge < -0.3 is 20.2 Å². The summed E-state index contributed by atoms with van der Waals surface area (Å²) in [6.07, 6.45) is 3.43. The maximum atomic E-state index is 13.5. The van der Waals surface area contributed by atoms with E-state index < -0.39 is 0 Å². The van der Waals surface area contributed by atoms with Gasteiger partial charge in [-0.05, 0) is 52.6 Å². The first-order valence-corrected chi connectivity index (χ1v) is 12.7. The summed E-state index contributed by atoms with van der Waals surface area (Å²) in [5, 5.41) is 4.05. The Bertz CT molecular complexity index is 1930. The monoisotopic (exact) mass is 512 g/mol. The fourth-order valence-electron chi connectivity index (χ4n) is 5.50. The van der Waals surface area contributed by atoms with E-state index in [1.807, 2.05) is 42.5 Å². The zero-order valence-corrected chi connectivity index (χ0v) is 21.3. The van der Waals surface area contributed by atoms with Gasteiger partial charge in [0.1, 0.15) is 11.5 Å². The van der Waals surface area contributed by atoms with Crippen LogP contribution in [0.3, 0.4) is 0 Å². The third kappa shape index (κ3) is 3.60. The average molecular weight is 513 g/mol. The van der Waals surface area contributed by atoms with Crippen LogP contribution in [0, 0.1) is 0 Å². The minimum atomic E-state index is -0.320. The molecule has 0 spiro atoms. The number of pyridine rings is 1. The lowest BCUT2D eigenvalue weighted by Gasteiger charge is -2.16. The molecule has 39 heavy (non-hydrogen) atoms. The lowest BCUT2D eigenvalue weighted by molar-refractivity contribution is 0.0827. The maximum Gasteiger partial charge on any atom is 0.253 e. The molecule has 0 unspecified atom stereocenters. The zero-order valence-electron chi connectivity index (χ0n) is 21.3. The van der Waals surface area contributed by atoms with Crippen molar-refractivity contribution in [3.8, 4) is 22.5 Å². The van der Waals surface area contributed by atoms with Gasteiger partial charge in [0.25, 0.3) is 11.8 Å². The molecule has 0 fully saturated rings. The first kappa shape index (κ1) is 22.9. The molecule has 3 aromatic heterocycles. The number of nitrogens with zero attached hydrogens (tertiary/aromatic N) is 3. The Labute approximate surface area is 223 Å². The van der Waals surface area contributed by atoms with Gasteiger partial charge in [-0.2, -0.15) is 0 Å². The fourth-order valence-corrected chi connectivity index (χ4v) is 5.50. The molecule has 6 aromatic rings. The van der Waals surface area contributed by atoms with Crippen LogP contribution in [0.4, 0.5) is 0 Å². The quantitative estimate of drug-likeness (QED) is 0.298. The van der Waals surface area contributed by atoms with E-state index in [1.165, 1.54) is 0 Å². The number of H-pyrrole nitrogens is 2. The summed E-state index contributed by atoms with van der Waals surface area (Å²) >= 11 is 0. The second kappa shape index (κ2) is 8.66. The average Bonchev–Trinajstić information content (AvgIpc) is 3.68. The van der Waals surface area contributed by atoms with Gasteiger partial charge in [0.05, 0.1) is 22.6 Å². The SMILES string of the molecule is CN(C)C(=O)c1ccc2nc(-c3cccc4c3-c3ccccc3[C@H]4NC(=O)c3ccnc4[nH]ccc34)[nH]c2c1. The number of hydrogen-bond acceptors (Lipinski definition) is 4. The molecule has 1 atom stereocenters. The summed E-state index contributed by atoms with van der Waals surface area (Å²) in [6.45, 7) is 0. The lowest BCUT2D eigenvalue weighted by atomic mass is 9.98. The zero-order chi connectivity index (χ0) is 26.7. The normalized spacial score (nSPS) is 13.8. The molecule has 1 aliphatic carbocycles. The van der Waals surface area contributed by atoms with Crippen molar-refractivity contribution in [2.24, 2.45) is 0 Å². The van der Waals surface area contributed by atoms with Gasteiger partial charge in [0.15, 0.2) is 0 Å². The number of fused-ring (bicyclic) bond motifs is 5. The van der Waals surface area contributed by atoms with Gasteiger partial charge in [-0.15, -0.1) is 0 Å². The number of carbonyl (C=O) groups excluding carboxylic acids is 2. The van der Waals surface area contributed by atoms with Gasteiger partial charge >= 0.3 is 0 Å². The molecule has 3 heterocycles. The van der Waals surface area contributed by atoms with E-state index in [-0.39, 0.29) is 17.9 Å². The fraction of sp³-hybridized carbons (Fsp3) is 0.0968. The molecule has 2 amide bonds. The topological polar surface area (TPSA) is 107 Å². The van der Waals surface area contributed by atoms with Crippen LogP contribution in [0.1, 0.15) is 37.9 Å². The van der Waals surface area contributed by atoms with Gasteiger partial charge in [-0.3, -0.25) is 9.59 Å². The maximum absolute atomic E-state index is 13.5. The van der Waals surface area contributed by atoms with Crippen molar-refractivity contribution in [3.63, 3.8) is 0 Å². The predicted octanol–water partition coefficient (Wildman–Crippen LogP) is 5.31. The lowest BCUT2D eigenvalue weighted by Crippen LogP contribution is -2.28. The number of aromatic amines is 2. The first-order valence-electron chi connectivity index (χ1n) is 12.7. The molecule has 0 radical (unpaired) electrons. The van der Waals surface area contributed by atoms with E-state index in [0.29, 0.717) is 22.6 Å². The smallest absolute Gasteiger partial charge is 0.253 e. The number of hydrogen-bond donors (Lipinski definition) is 3. The van der Waals surface area contributed by atoms with E-state index in [2.05, 4.69) is 38.5 Å². The van der Waals surface area contributed by atoms with Gasteiger partial charge in [0, 0.05) is 43.0 Å². The molecular weight excluding hydrogens is 488 g/mol. The van der Waals surface area contributed by atoms with Gasteiger partial charge in [-0.25, -0.2) is 9.97 Å². The van der Waals surface area contributed by atoms with Crippen molar-refractivity contribution in [2.45, 2.75) is 6.04 Å². The van der Waals surface area contributed by atoms with Gasteiger partial charge in [-0.1, -0.05) is 42.5 Å². The molecular formula is C31H24N6O2. The largest absolute Gasteiger partial charge is 0.346 e. The highest BCUT2D eigenvalue weighted by atomic mass is 16.2. The molecule has 3 aromatic carbocycles. The first-order chi connectivity index (χ1) is 19.0. The van der Waals surface area contributed by atoms with E-state index in [9.17, 15) is 9.59 Å². The van der Waals surface area contributed by atoms with Crippen molar-refractivity contribution in [2.75, 3.05) is 14.1 Å². The highest BCUT2D eigenvalue weighted by Gasteiger charge is 2.32. The Hall–Kier alpha value is -5.24. The number of rotatable bonds is 4. The van der Waals surface area contributed by atoms with Crippen LogP contribution in [-0.4, -0.2) is 50.7 Å². The molecule has 7 rings (SSSR count). The molecule has 3 N–H and O–H groups in total. The molecule has 8 heteroatoms. The van der Waals surface area contributed by atoms with Gasteiger partial charge in [0.2, 0.25) is 0 Å². The number of imidazole rings is 1. The van der Waals surface area contributed by atoms with Crippen molar-refractivity contribution >= 4 is 33.9 Å². The summed E-state index contributed by atoms with van der Waals surface area (Å²) in [5.74, 6) is 0.482. The van der Waals surface area contributed by atoms with Crippen LogP contribution in [0.2, 0.25) is 0 Å². The third-order valence-electron chi connectivity index (χ3n) is 7.32. The van der Waals surface area contributed by atoms with E-state index in [1.54, 1.807) is 43.5 Å². The van der Waals surface area contributed by atoms with Crippen molar-refractivity contribution in [1.29, 1.82) is 0 Å². The number of amides is 2. The predicted molar refractivity (Wildman–Crippen MR) is 150 cm³/mol. The molecule has 8 nitrogen and oxygen atoms in total. The van der Waals surface area contributed by atoms with Crippen molar-refractivity contribution in [3.05, 3.63) is 107 Å². The number of nitrogens with one attached hydrogen (secondary N) is 3. The second-order valence-corrected chi connectivity index (χ2v) is 9.88. The highest BCUT2D eigenvalue weighted by Crippen LogP contribution is 2.47. The van der Waals surface area contributed by atoms with E-state index >= 15 is 0 Å². The summed E-state index contributed by atoms with van der Waals surface area (Å²) in [5.41, 5.74) is 8.48. The molecule has 0 saturated carbocycles. The Morgan fingerprint density at radius 2 is 1.74 bits per heavy atom. The van der Waals surface area contributed by atoms with E-state index in [4.69, 9.17) is 4.98 Å². The molecule has 0 bridgehead atoms. The number of benzene rings is 3. The van der Waals surface area contributed by atoms with Crippen LogP contribution in [-0.2, 0) is 0 Å². The van der Waals surface area contributed by atoms with Crippen LogP contribution in [0.25, 0.3) is 44.6 Å². The molecule has 0 aliphatic heterocycles. The van der Waals surface area contributed by atoms with Crippen molar-refractivity contribution < 1.29 is 9.59 Å². The van der Waals surface area contributed by atoms with E-state index in [0.717, 1.165) is 44.2 Å².